The van der Waals surface area contributed by atoms with Crippen LogP contribution in [0, 0.1) is 0 Å². The number of nitrogens with zero attached hydrogens (tertiary/aromatic N) is 1. The molecule has 0 aliphatic carbocycles. The van der Waals surface area contributed by atoms with Crippen LogP contribution in [0.4, 0.5) is 0 Å². The molecular formula is C14H16N2O3S. The van der Waals surface area contributed by atoms with Crippen LogP contribution in [-0.4, -0.2) is 18.5 Å². The Morgan fingerprint density at radius 2 is 1.90 bits per heavy atom. The summed E-state index contributed by atoms with van der Waals surface area (Å²) < 4.78 is 26.5. The van der Waals surface area contributed by atoms with E-state index in [1.54, 1.807) is 48.7 Å². The van der Waals surface area contributed by atoms with Gasteiger partial charge in [-0.05, 0) is 23.3 Å². The molecule has 1 aromatic heterocycles. The van der Waals surface area contributed by atoms with Crippen molar-refractivity contribution in [2.45, 2.75) is 18.9 Å². The Hall–Kier alpha value is -1.76. The van der Waals surface area contributed by atoms with Gasteiger partial charge < -0.3 is 5.11 Å². The second kappa shape index (κ2) is 6.60. The van der Waals surface area contributed by atoms with Crippen LogP contribution in [0.2, 0.25) is 0 Å². The number of sulfonamides is 1. The molecule has 0 aliphatic rings. The first-order valence-corrected chi connectivity index (χ1v) is 7.80. The zero-order valence-corrected chi connectivity index (χ0v) is 11.7. The molecule has 6 heteroatoms. The second-order valence-corrected chi connectivity index (χ2v) is 6.19. The zero-order valence-electron chi connectivity index (χ0n) is 10.9. The first-order valence-electron chi connectivity index (χ1n) is 6.15. The summed E-state index contributed by atoms with van der Waals surface area (Å²) in [5.41, 5.74) is 2.01. The Kier molecular flexibility index (Phi) is 4.84. The van der Waals surface area contributed by atoms with E-state index in [-0.39, 0.29) is 18.9 Å². The van der Waals surface area contributed by atoms with E-state index in [1.807, 2.05) is 0 Å². The molecule has 5 nitrogen and oxygen atoms in total. The van der Waals surface area contributed by atoms with Gasteiger partial charge in [0, 0.05) is 6.20 Å². The normalized spacial score (nSPS) is 11.4. The number of hydrogen-bond donors (Lipinski definition) is 2. The summed E-state index contributed by atoms with van der Waals surface area (Å²) in [6.07, 6.45) is 1.62. The van der Waals surface area contributed by atoms with Crippen LogP contribution in [0.5, 0.6) is 0 Å². The highest BCUT2D eigenvalue weighted by Crippen LogP contribution is 2.09. The number of pyridine rings is 1. The molecule has 0 amide bonds. The SMILES string of the molecule is O=S(=O)(Cc1cccc(CO)c1)NCc1ccccn1. The Morgan fingerprint density at radius 1 is 1.10 bits per heavy atom. The number of aromatic nitrogens is 1. The van der Waals surface area contributed by atoms with Gasteiger partial charge in [0.05, 0.1) is 24.6 Å². The minimum Gasteiger partial charge on any atom is -0.392 e. The highest BCUT2D eigenvalue weighted by molar-refractivity contribution is 7.88. The summed E-state index contributed by atoms with van der Waals surface area (Å²) in [6.45, 7) is 0.0676. The van der Waals surface area contributed by atoms with Crippen LogP contribution in [0.1, 0.15) is 16.8 Å². The largest absolute Gasteiger partial charge is 0.392 e. The van der Waals surface area contributed by atoms with Crippen molar-refractivity contribution in [3.8, 4) is 0 Å². The van der Waals surface area contributed by atoms with Crippen molar-refractivity contribution in [2.24, 2.45) is 0 Å². The van der Waals surface area contributed by atoms with Crippen LogP contribution < -0.4 is 4.72 Å². The number of nitrogens with one attached hydrogen (secondary N) is 1. The van der Waals surface area contributed by atoms with Gasteiger partial charge in [-0.15, -0.1) is 0 Å². The Bertz CT molecular complexity index is 657. The fourth-order valence-corrected chi connectivity index (χ4v) is 2.86. The highest BCUT2D eigenvalue weighted by Gasteiger charge is 2.11. The van der Waals surface area contributed by atoms with Crippen molar-refractivity contribution in [3.63, 3.8) is 0 Å². The van der Waals surface area contributed by atoms with Crippen molar-refractivity contribution in [1.29, 1.82) is 0 Å². The van der Waals surface area contributed by atoms with E-state index in [2.05, 4.69) is 9.71 Å². The molecule has 0 saturated carbocycles. The fraction of sp³-hybridized carbons (Fsp3) is 0.214. The summed E-state index contributed by atoms with van der Waals surface area (Å²) >= 11 is 0. The number of rotatable bonds is 6. The number of aliphatic hydroxyl groups excluding tert-OH is 1. The van der Waals surface area contributed by atoms with E-state index < -0.39 is 10.0 Å². The molecule has 106 valence electrons. The van der Waals surface area contributed by atoms with Gasteiger partial charge in [-0.1, -0.05) is 30.3 Å². The van der Waals surface area contributed by atoms with Crippen molar-refractivity contribution in [1.82, 2.24) is 9.71 Å². The number of benzene rings is 1. The van der Waals surface area contributed by atoms with E-state index in [0.717, 1.165) is 0 Å². The standard InChI is InChI=1S/C14H16N2O3S/c17-10-12-4-3-5-13(8-12)11-20(18,19)16-9-14-6-1-2-7-15-14/h1-8,16-17H,9-11H2. The third-order valence-corrected chi connectivity index (χ3v) is 4.03. The molecule has 2 rings (SSSR count). The molecule has 0 spiro atoms. The first kappa shape index (κ1) is 14.6. The van der Waals surface area contributed by atoms with Crippen LogP contribution in [0.3, 0.4) is 0 Å². The van der Waals surface area contributed by atoms with E-state index in [4.69, 9.17) is 5.11 Å². The van der Waals surface area contributed by atoms with Gasteiger partial charge in [0.25, 0.3) is 0 Å². The molecule has 0 radical (unpaired) electrons. The van der Waals surface area contributed by atoms with Gasteiger partial charge in [-0.2, -0.15) is 0 Å². The van der Waals surface area contributed by atoms with Crippen molar-refractivity contribution in [3.05, 3.63) is 65.5 Å². The molecule has 0 aliphatic heterocycles. The van der Waals surface area contributed by atoms with Crippen LogP contribution >= 0.6 is 0 Å². The van der Waals surface area contributed by atoms with Crippen LogP contribution in [0.15, 0.2) is 48.7 Å². The molecular weight excluding hydrogens is 276 g/mol. The minimum atomic E-state index is -3.43. The minimum absolute atomic E-state index is 0.102. The summed E-state index contributed by atoms with van der Waals surface area (Å²) in [5, 5.41) is 9.04. The molecule has 2 aromatic rings. The Morgan fingerprint density at radius 3 is 2.60 bits per heavy atom. The van der Waals surface area contributed by atoms with Crippen molar-refractivity contribution < 1.29 is 13.5 Å². The zero-order chi connectivity index (χ0) is 14.4. The molecule has 20 heavy (non-hydrogen) atoms. The Balaban J connectivity index is 2.00. The van der Waals surface area contributed by atoms with Gasteiger partial charge in [0.1, 0.15) is 0 Å². The Labute approximate surface area is 118 Å². The lowest BCUT2D eigenvalue weighted by atomic mass is 10.1. The van der Waals surface area contributed by atoms with E-state index in [0.29, 0.717) is 16.8 Å². The average Bonchev–Trinajstić information content (AvgIpc) is 2.46. The van der Waals surface area contributed by atoms with Gasteiger partial charge in [0.2, 0.25) is 10.0 Å². The van der Waals surface area contributed by atoms with Crippen molar-refractivity contribution in [2.75, 3.05) is 0 Å². The molecule has 0 unspecified atom stereocenters. The molecule has 0 saturated heterocycles. The average molecular weight is 292 g/mol. The molecule has 1 aromatic carbocycles. The highest BCUT2D eigenvalue weighted by atomic mass is 32.2. The smallest absolute Gasteiger partial charge is 0.216 e. The van der Waals surface area contributed by atoms with E-state index >= 15 is 0 Å². The monoisotopic (exact) mass is 292 g/mol. The second-order valence-electron chi connectivity index (χ2n) is 4.38. The summed E-state index contributed by atoms with van der Waals surface area (Å²) in [6, 6.07) is 12.2. The maximum Gasteiger partial charge on any atom is 0.216 e. The summed E-state index contributed by atoms with van der Waals surface area (Å²) in [7, 11) is -3.43. The third-order valence-electron chi connectivity index (χ3n) is 2.73. The molecule has 2 N–H and O–H groups in total. The van der Waals surface area contributed by atoms with Crippen LogP contribution in [-0.2, 0) is 28.9 Å². The number of hydrogen-bond acceptors (Lipinski definition) is 4. The lowest BCUT2D eigenvalue weighted by Crippen LogP contribution is -2.25. The topological polar surface area (TPSA) is 79.3 Å². The lowest BCUT2D eigenvalue weighted by molar-refractivity contribution is 0.282. The predicted molar refractivity (Wildman–Crippen MR) is 76.1 cm³/mol. The molecule has 1 heterocycles. The van der Waals surface area contributed by atoms with Gasteiger partial charge in [0.15, 0.2) is 0 Å². The maximum atomic E-state index is 12.0. The maximum absolute atomic E-state index is 12.0. The van der Waals surface area contributed by atoms with Gasteiger partial charge >= 0.3 is 0 Å². The van der Waals surface area contributed by atoms with Gasteiger partial charge in [-0.3, -0.25) is 4.98 Å². The number of aliphatic hydroxyl groups is 1. The van der Waals surface area contributed by atoms with E-state index in [9.17, 15) is 8.42 Å². The van der Waals surface area contributed by atoms with Crippen molar-refractivity contribution >= 4 is 10.0 Å². The molecule has 0 atom stereocenters. The van der Waals surface area contributed by atoms with E-state index in [1.165, 1.54) is 0 Å². The summed E-state index contributed by atoms with van der Waals surface area (Å²) in [5.74, 6) is -0.117. The van der Waals surface area contributed by atoms with Gasteiger partial charge in [-0.25, -0.2) is 13.1 Å². The quantitative estimate of drug-likeness (QED) is 0.838. The molecule has 0 bridgehead atoms. The third kappa shape index (κ3) is 4.41. The predicted octanol–water partition coefficient (Wildman–Crippen LogP) is 1.19. The fourth-order valence-electron chi connectivity index (χ4n) is 1.77. The van der Waals surface area contributed by atoms with Crippen LogP contribution in [0.25, 0.3) is 0 Å². The molecule has 0 fully saturated rings. The lowest BCUT2D eigenvalue weighted by Gasteiger charge is -2.07. The summed E-state index contributed by atoms with van der Waals surface area (Å²) in [4.78, 5) is 4.06. The first-order chi connectivity index (χ1) is 9.59.